The Morgan fingerprint density at radius 1 is 1.26 bits per heavy atom. The number of halogens is 1. The van der Waals surface area contributed by atoms with Gasteiger partial charge in [0, 0.05) is 39.3 Å². The van der Waals surface area contributed by atoms with Crippen LogP contribution in [0, 0.1) is 0 Å². The van der Waals surface area contributed by atoms with Crippen LogP contribution in [0.5, 0.6) is 0 Å². The van der Waals surface area contributed by atoms with E-state index in [0.29, 0.717) is 0 Å². The number of hydrogen-bond donors (Lipinski definition) is 2. The zero-order valence-corrected chi connectivity index (χ0v) is 19.1. The molecular weight excluding hydrogens is 451 g/mol. The maximum absolute atomic E-state index is 5.83. The van der Waals surface area contributed by atoms with Crippen molar-refractivity contribution in [3.05, 3.63) is 35.4 Å². The molecule has 3 rings (SSSR count). The van der Waals surface area contributed by atoms with Crippen molar-refractivity contribution in [3.8, 4) is 0 Å². The summed E-state index contributed by atoms with van der Waals surface area (Å²) in [6.45, 7) is 11.1. The number of aliphatic imine (C=N–C) groups is 1. The molecule has 2 aliphatic heterocycles. The standard InChI is InChI=1S/C21H34N4O.HI/c1-3-22-20(24-17-21(2)11-6-15-26-21)23-12-7-13-25-14-10-18-8-4-5-9-19(18)16-25;/h4-5,8-9H,3,6-7,10-17H2,1-2H3,(H2,22,23,24);1H. The topological polar surface area (TPSA) is 48.9 Å². The van der Waals surface area contributed by atoms with Crippen molar-refractivity contribution in [3.63, 3.8) is 0 Å². The van der Waals surface area contributed by atoms with Crippen LogP contribution in [0.15, 0.2) is 29.3 Å². The number of benzene rings is 1. The molecule has 0 aliphatic carbocycles. The second-order valence-electron chi connectivity index (χ2n) is 7.67. The monoisotopic (exact) mass is 486 g/mol. The minimum atomic E-state index is -0.0798. The fourth-order valence-corrected chi connectivity index (χ4v) is 3.80. The van der Waals surface area contributed by atoms with Crippen molar-refractivity contribution in [1.29, 1.82) is 0 Å². The summed E-state index contributed by atoms with van der Waals surface area (Å²) >= 11 is 0. The molecule has 6 heteroatoms. The lowest BCUT2D eigenvalue weighted by molar-refractivity contribution is 0.0283. The van der Waals surface area contributed by atoms with E-state index < -0.39 is 0 Å². The van der Waals surface area contributed by atoms with E-state index in [1.165, 1.54) is 24.1 Å². The fraction of sp³-hybridized carbons (Fsp3) is 0.667. The number of nitrogens with one attached hydrogen (secondary N) is 2. The van der Waals surface area contributed by atoms with Gasteiger partial charge in [0.15, 0.2) is 5.96 Å². The van der Waals surface area contributed by atoms with Gasteiger partial charge in [-0.25, -0.2) is 0 Å². The summed E-state index contributed by atoms with van der Waals surface area (Å²) in [6, 6.07) is 8.83. The lowest BCUT2D eigenvalue weighted by Gasteiger charge is -2.28. The highest BCUT2D eigenvalue weighted by Gasteiger charge is 2.29. The highest BCUT2D eigenvalue weighted by molar-refractivity contribution is 14.0. The minimum Gasteiger partial charge on any atom is -0.373 e. The molecule has 1 atom stereocenters. The minimum absolute atomic E-state index is 0. The van der Waals surface area contributed by atoms with Crippen molar-refractivity contribution >= 4 is 29.9 Å². The second-order valence-corrected chi connectivity index (χ2v) is 7.67. The van der Waals surface area contributed by atoms with Gasteiger partial charge in [-0.15, -0.1) is 24.0 Å². The van der Waals surface area contributed by atoms with Gasteiger partial charge >= 0.3 is 0 Å². The quantitative estimate of drug-likeness (QED) is 0.269. The average Bonchev–Trinajstić information content (AvgIpc) is 3.10. The molecule has 0 radical (unpaired) electrons. The molecule has 2 N–H and O–H groups in total. The lowest BCUT2D eigenvalue weighted by Crippen LogP contribution is -2.40. The molecule has 1 aromatic carbocycles. The summed E-state index contributed by atoms with van der Waals surface area (Å²) < 4.78 is 5.83. The third-order valence-electron chi connectivity index (χ3n) is 5.37. The van der Waals surface area contributed by atoms with Gasteiger partial charge in [-0.05, 0) is 50.7 Å². The number of rotatable bonds is 7. The Kier molecular flexibility index (Phi) is 9.32. The molecule has 0 saturated carbocycles. The number of ether oxygens (including phenoxy) is 1. The Bertz CT molecular complexity index is 602. The highest BCUT2D eigenvalue weighted by atomic mass is 127. The summed E-state index contributed by atoms with van der Waals surface area (Å²) in [5.41, 5.74) is 2.93. The molecule has 0 amide bonds. The van der Waals surface area contributed by atoms with Crippen LogP contribution in [0.4, 0.5) is 0 Å². The third kappa shape index (κ3) is 6.91. The van der Waals surface area contributed by atoms with Gasteiger partial charge < -0.3 is 15.4 Å². The first kappa shape index (κ1) is 22.4. The van der Waals surface area contributed by atoms with E-state index in [4.69, 9.17) is 9.73 Å². The van der Waals surface area contributed by atoms with E-state index in [9.17, 15) is 0 Å². The Morgan fingerprint density at radius 3 is 2.81 bits per heavy atom. The van der Waals surface area contributed by atoms with Crippen LogP contribution in [-0.4, -0.2) is 55.8 Å². The Balaban J connectivity index is 0.00000261. The molecule has 0 bridgehead atoms. The van der Waals surface area contributed by atoms with Crippen LogP contribution >= 0.6 is 24.0 Å². The third-order valence-corrected chi connectivity index (χ3v) is 5.37. The molecule has 2 heterocycles. The van der Waals surface area contributed by atoms with Crippen LogP contribution in [0.2, 0.25) is 0 Å². The van der Waals surface area contributed by atoms with Crippen molar-refractivity contribution in [1.82, 2.24) is 15.5 Å². The van der Waals surface area contributed by atoms with Crippen molar-refractivity contribution in [2.45, 2.75) is 51.7 Å². The molecule has 1 unspecified atom stereocenters. The normalized spacial score (nSPS) is 22.8. The molecule has 152 valence electrons. The van der Waals surface area contributed by atoms with Crippen molar-refractivity contribution < 1.29 is 4.74 Å². The first-order chi connectivity index (χ1) is 12.7. The zero-order valence-electron chi connectivity index (χ0n) is 16.8. The number of hydrogen-bond acceptors (Lipinski definition) is 3. The molecule has 1 aromatic rings. The van der Waals surface area contributed by atoms with Crippen molar-refractivity contribution in [2.24, 2.45) is 4.99 Å². The van der Waals surface area contributed by atoms with E-state index in [2.05, 4.69) is 53.6 Å². The Morgan fingerprint density at radius 2 is 2.07 bits per heavy atom. The number of fused-ring (bicyclic) bond motifs is 1. The van der Waals surface area contributed by atoms with Crippen molar-refractivity contribution in [2.75, 3.05) is 39.3 Å². The molecule has 5 nitrogen and oxygen atoms in total. The Hall–Kier alpha value is -0.860. The summed E-state index contributed by atoms with van der Waals surface area (Å²) in [6.07, 6.45) is 4.55. The van der Waals surface area contributed by atoms with E-state index in [-0.39, 0.29) is 29.6 Å². The van der Waals surface area contributed by atoms with Gasteiger partial charge in [0.25, 0.3) is 0 Å². The van der Waals surface area contributed by atoms with Crippen LogP contribution in [0.1, 0.15) is 44.2 Å². The molecule has 0 aromatic heterocycles. The highest BCUT2D eigenvalue weighted by Crippen LogP contribution is 2.25. The molecule has 0 spiro atoms. The van der Waals surface area contributed by atoms with Crippen LogP contribution in [-0.2, 0) is 17.7 Å². The van der Waals surface area contributed by atoms with E-state index in [1.807, 2.05) is 0 Å². The zero-order chi connectivity index (χ0) is 18.2. The van der Waals surface area contributed by atoms with Gasteiger partial charge in [0.2, 0.25) is 0 Å². The SMILES string of the molecule is CCNC(=NCC1(C)CCCO1)NCCCN1CCc2ccccc2C1.I. The van der Waals surface area contributed by atoms with E-state index in [0.717, 1.165) is 64.6 Å². The van der Waals surface area contributed by atoms with Crippen LogP contribution < -0.4 is 10.6 Å². The predicted molar refractivity (Wildman–Crippen MR) is 123 cm³/mol. The van der Waals surface area contributed by atoms with E-state index >= 15 is 0 Å². The summed E-state index contributed by atoms with van der Waals surface area (Å²) in [5, 5.41) is 6.82. The van der Waals surface area contributed by atoms with E-state index in [1.54, 1.807) is 0 Å². The molecule has 1 fully saturated rings. The molecule has 27 heavy (non-hydrogen) atoms. The second kappa shape index (κ2) is 11.2. The summed E-state index contributed by atoms with van der Waals surface area (Å²) in [5.74, 6) is 0.910. The largest absolute Gasteiger partial charge is 0.373 e. The van der Waals surface area contributed by atoms with Gasteiger partial charge in [-0.1, -0.05) is 24.3 Å². The van der Waals surface area contributed by atoms with Gasteiger partial charge in [-0.3, -0.25) is 9.89 Å². The van der Waals surface area contributed by atoms with Crippen LogP contribution in [0.25, 0.3) is 0 Å². The lowest BCUT2D eigenvalue weighted by atomic mass is 10.00. The smallest absolute Gasteiger partial charge is 0.191 e. The first-order valence-electron chi connectivity index (χ1n) is 10.1. The summed E-state index contributed by atoms with van der Waals surface area (Å²) in [7, 11) is 0. The van der Waals surface area contributed by atoms with Crippen LogP contribution in [0.3, 0.4) is 0 Å². The molecule has 1 saturated heterocycles. The molecule has 2 aliphatic rings. The van der Waals surface area contributed by atoms with Gasteiger partial charge in [-0.2, -0.15) is 0 Å². The molecular formula is C21H35IN4O. The Labute approximate surface area is 181 Å². The predicted octanol–water partition coefficient (Wildman–Crippen LogP) is 3.18. The average molecular weight is 486 g/mol. The number of guanidine groups is 1. The van der Waals surface area contributed by atoms with Gasteiger partial charge in [0.1, 0.15) is 0 Å². The fourth-order valence-electron chi connectivity index (χ4n) is 3.80. The number of nitrogens with zero attached hydrogens (tertiary/aromatic N) is 2. The summed E-state index contributed by atoms with van der Waals surface area (Å²) in [4.78, 5) is 7.29. The van der Waals surface area contributed by atoms with Gasteiger partial charge in [0.05, 0.1) is 12.1 Å². The first-order valence-corrected chi connectivity index (χ1v) is 10.1. The maximum Gasteiger partial charge on any atom is 0.191 e. The maximum atomic E-state index is 5.83.